The van der Waals surface area contributed by atoms with E-state index in [9.17, 15) is 4.79 Å². The average Bonchev–Trinajstić information content (AvgIpc) is 1.61. The summed E-state index contributed by atoms with van der Waals surface area (Å²) < 4.78 is 3.89. The molecule has 0 aromatic rings. The summed E-state index contributed by atoms with van der Waals surface area (Å²) in [6, 6.07) is 0. The number of nitrogens with zero attached hydrogens (tertiary/aromatic N) is 1. The van der Waals surface area contributed by atoms with E-state index in [4.69, 9.17) is 0 Å². The molecule has 0 aromatic heterocycles. The molecule has 41 valence electrons. The smallest absolute Gasteiger partial charge is 0.138 e. The van der Waals surface area contributed by atoms with Gasteiger partial charge in [0.2, 0.25) is 0 Å². The van der Waals surface area contributed by atoms with Gasteiger partial charge in [0, 0.05) is 33.9 Å². The van der Waals surface area contributed by atoms with E-state index in [0.29, 0.717) is 0 Å². The minimum absolute atomic E-state index is 0. The summed E-state index contributed by atoms with van der Waals surface area (Å²) in [5.41, 5.74) is 0. The maximum Gasteiger partial charge on any atom is 0.138 e. The predicted molar refractivity (Wildman–Crippen MR) is 20.5 cm³/mol. The summed E-state index contributed by atoms with van der Waals surface area (Å²) in [7, 11) is 1.46. The van der Waals surface area contributed by atoms with E-state index in [1.807, 2.05) is 6.40 Å². The molecular weight excluding hydrogens is 268 g/mol. The monoisotopic (exact) mass is 273 g/mol. The Kier molecular flexibility index (Phi) is 13.1. The van der Waals surface area contributed by atoms with Gasteiger partial charge in [-0.15, -0.1) is 0 Å². The van der Waals surface area contributed by atoms with Crippen LogP contribution >= 0.6 is 0 Å². The maximum atomic E-state index is 9.22. The molecular formula is C3H4NO2Re-. The normalized spacial score (nSPS) is 7.57. The third-order valence-corrected chi connectivity index (χ3v) is 0.192. The molecule has 0 aliphatic carbocycles. The zero-order valence-electron chi connectivity index (χ0n) is 3.72. The van der Waals surface area contributed by atoms with Crippen LogP contribution in [0.3, 0.4) is 0 Å². The van der Waals surface area contributed by atoms with Crippen molar-refractivity contribution in [2.24, 2.45) is 4.99 Å². The van der Waals surface area contributed by atoms with Crippen LogP contribution in [0, 0.1) is 0 Å². The zero-order chi connectivity index (χ0) is 4.83. The molecule has 7 heavy (non-hydrogen) atoms. The Morgan fingerprint density at radius 1 is 1.86 bits per heavy atom. The Bertz CT molecular complexity index is 64.0. The van der Waals surface area contributed by atoms with E-state index >= 15 is 0 Å². The topological polar surface area (TPSA) is 38.7 Å². The molecule has 1 radical (unpaired) electrons. The molecule has 0 saturated carbocycles. The van der Waals surface area contributed by atoms with Crippen LogP contribution < -0.4 is 0 Å². The minimum Gasteiger partial charge on any atom is -0.603 e. The van der Waals surface area contributed by atoms with E-state index in [-0.39, 0.29) is 26.9 Å². The summed E-state index contributed by atoms with van der Waals surface area (Å²) in [4.78, 5) is 12.4. The van der Waals surface area contributed by atoms with Crippen molar-refractivity contribution in [1.29, 1.82) is 0 Å². The minimum atomic E-state index is 0. The van der Waals surface area contributed by atoms with E-state index in [2.05, 4.69) is 9.73 Å². The molecule has 0 aliphatic rings. The average molecular weight is 272 g/mol. The van der Waals surface area contributed by atoms with Crippen LogP contribution in [-0.2, 0) is 30.0 Å². The van der Waals surface area contributed by atoms with Crippen LogP contribution in [0.5, 0.6) is 0 Å². The fraction of sp³-hybridized carbons (Fsp3) is 0.333. The molecule has 3 nitrogen and oxygen atoms in total. The summed E-state index contributed by atoms with van der Waals surface area (Å²) in [5, 5.41) is 0. The van der Waals surface area contributed by atoms with Crippen LogP contribution in [0.15, 0.2) is 4.99 Å². The molecule has 0 rings (SSSR count). The van der Waals surface area contributed by atoms with Gasteiger partial charge in [-0.1, -0.05) is 0 Å². The summed E-state index contributed by atoms with van der Waals surface area (Å²) >= 11 is 0. The summed E-state index contributed by atoms with van der Waals surface area (Å²) in [6.07, 6.45) is 1.95. The van der Waals surface area contributed by atoms with Gasteiger partial charge in [0.1, 0.15) is 6.47 Å². The first kappa shape index (κ1) is 9.93. The van der Waals surface area contributed by atoms with Gasteiger partial charge < -0.3 is 14.5 Å². The predicted octanol–water partition coefficient (Wildman–Crippen LogP) is -0.308. The van der Waals surface area contributed by atoms with Crippen LogP contribution in [0.2, 0.25) is 0 Å². The van der Waals surface area contributed by atoms with E-state index in [1.165, 1.54) is 7.05 Å². The molecule has 0 aromatic carbocycles. The summed E-state index contributed by atoms with van der Waals surface area (Å²) in [6.45, 7) is 0.257. The van der Waals surface area contributed by atoms with Gasteiger partial charge in [-0.25, -0.2) is 0 Å². The number of rotatable bonds is 2. The number of aliphatic imine (C=N–C) groups is 1. The van der Waals surface area contributed by atoms with Crippen molar-refractivity contribution in [2.45, 2.75) is 0 Å². The van der Waals surface area contributed by atoms with Crippen LogP contribution in [0.4, 0.5) is 0 Å². The van der Waals surface area contributed by atoms with Crippen molar-refractivity contribution in [1.82, 2.24) is 0 Å². The first-order valence-electron chi connectivity index (χ1n) is 1.35. The van der Waals surface area contributed by atoms with Crippen LogP contribution in [0.1, 0.15) is 0 Å². The summed E-state index contributed by atoms with van der Waals surface area (Å²) in [5.74, 6) is 0. The van der Waals surface area contributed by atoms with Crippen molar-refractivity contribution in [2.75, 3.05) is 7.05 Å². The fourth-order valence-electron chi connectivity index (χ4n) is 0.0742. The SMILES string of the molecule is CN=[C-]OC=O.[Re]. The molecule has 0 amide bonds. The molecule has 0 saturated heterocycles. The van der Waals surface area contributed by atoms with Gasteiger partial charge in [-0.2, -0.15) is 0 Å². The zero-order valence-corrected chi connectivity index (χ0v) is 6.43. The van der Waals surface area contributed by atoms with Crippen molar-refractivity contribution >= 4 is 12.9 Å². The van der Waals surface area contributed by atoms with Crippen LogP contribution in [-0.4, -0.2) is 19.9 Å². The first-order valence-corrected chi connectivity index (χ1v) is 1.35. The van der Waals surface area contributed by atoms with E-state index < -0.39 is 0 Å². The third kappa shape index (κ3) is 10.7. The molecule has 0 fully saturated rings. The second-order valence-corrected chi connectivity index (χ2v) is 0.529. The molecule has 0 spiro atoms. The maximum absolute atomic E-state index is 9.22. The van der Waals surface area contributed by atoms with Gasteiger partial charge in [-0.05, 0) is 0 Å². The van der Waals surface area contributed by atoms with Crippen molar-refractivity contribution in [3.63, 3.8) is 0 Å². The first-order chi connectivity index (χ1) is 2.91. The Morgan fingerprint density at radius 3 is 2.57 bits per heavy atom. The van der Waals surface area contributed by atoms with Gasteiger partial charge in [0.15, 0.2) is 0 Å². The quantitative estimate of drug-likeness (QED) is 0.299. The number of hydrogen-bond acceptors (Lipinski definition) is 3. The Morgan fingerprint density at radius 2 is 2.43 bits per heavy atom. The van der Waals surface area contributed by atoms with E-state index in [1.54, 1.807) is 0 Å². The van der Waals surface area contributed by atoms with E-state index in [0.717, 1.165) is 0 Å². The number of hydrogen-bond donors (Lipinski definition) is 0. The van der Waals surface area contributed by atoms with Crippen molar-refractivity contribution in [3.8, 4) is 0 Å². The number of ether oxygens (including phenoxy) is 1. The van der Waals surface area contributed by atoms with Gasteiger partial charge in [-0.3, -0.25) is 0 Å². The molecule has 0 aliphatic heterocycles. The Labute approximate surface area is 55.4 Å². The van der Waals surface area contributed by atoms with Crippen molar-refractivity contribution < 1.29 is 30.0 Å². The van der Waals surface area contributed by atoms with Gasteiger partial charge >= 0.3 is 0 Å². The molecule has 0 unspecified atom stereocenters. The molecule has 0 atom stereocenters. The van der Waals surface area contributed by atoms with Crippen LogP contribution in [0.25, 0.3) is 0 Å². The third-order valence-electron chi connectivity index (χ3n) is 0.192. The number of carbonyl (C=O) groups is 1. The number of carbonyl (C=O) groups excluding carboxylic acids is 1. The second-order valence-electron chi connectivity index (χ2n) is 0.529. The second kappa shape index (κ2) is 9.26. The molecule has 0 N–H and O–H groups in total. The van der Waals surface area contributed by atoms with Gasteiger partial charge in [0.25, 0.3) is 0 Å². The fourth-order valence-corrected chi connectivity index (χ4v) is 0.0742. The Balaban J connectivity index is 0. The van der Waals surface area contributed by atoms with Gasteiger partial charge in [0.05, 0.1) is 0 Å². The standard InChI is InChI=1S/C3H4NO2.Re/c1-4-2-6-3-5;/h3H,1H3;/q-1;. The van der Waals surface area contributed by atoms with Crippen molar-refractivity contribution in [3.05, 3.63) is 0 Å². The Hall–Kier alpha value is -0.198. The molecule has 0 bridgehead atoms. The largest absolute Gasteiger partial charge is 0.603 e. The molecule has 4 heteroatoms. The molecule has 0 heterocycles.